The van der Waals surface area contributed by atoms with Gasteiger partial charge in [0.05, 0.1) is 18.2 Å². The van der Waals surface area contributed by atoms with Gasteiger partial charge in [-0.05, 0) is 24.6 Å². The van der Waals surface area contributed by atoms with Crippen LogP contribution >= 0.6 is 0 Å². The maximum atomic E-state index is 12.2. The van der Waals surface area contributed by atoms with Crippen molar-refractivity contribution in [3.63, 3.8) is 0 Å². The van der Waals surface area contributed by atoms with Gasteiger partial charge in [-0.3, -0.25) is 4.98 Å². The van der Waals surface area contributed by atoms with Crippen LogP contribution in [0.4, 0.5) is 0 Å². The largest absolute Gasteiger partial charge is 0.472 e. The highest BCUT2D eigenvalue weighted by Gasteiger charge is 2.18. The molecule has 3 rings (SSSR count). The standard InChI is InChI=1S/C15H16N4O3S/c1-11-18-15(9-19(11)2)23(20,21)17-8-12-3-4-14(16-7-12)13-5-6-22-10-13/h3-7,9-10,17H,8H2,1-2H3. The zero-order chi connectivity index (χ0) is 16.4. The van der Waals surface area contributed by atoms with Gasteiger partial charge in [-0.1, -0.05) is 6.07 Å². The van der Waals surface area contributed by atoms with Crippen molar-refractivity contribution in [2.75, 3.05) is 0 Å². The highest BCUT2D eigenvalue weighted by molar-refractivity contribution is 7.89. The first-order valence-electron chi connectivity index (χ1n) is 6.93. The monoisotopic (exact) mass is 332 g/mol. The van der Waals surface area contributed by atoms with E-state index in [1.165, 1.54) is 6.20 Å². The average Bonchev–Trinajstić information content (AvgIpc) is 3.17. The second-order valence-electron chi connectivity index (χ2n) is 5.13. The predicted molar refractivity (Wildman–Crippen MR) is 83.9 cm³/mol. The highest BCUT2D eigenvalue weighted by atomic mass is 32.2. The van der Waals surface area contributed by atoms with Gasteiger partial charge in [0, 0.05) is 31.5 Å². The molecule has 3 aromatic rings. The summed E-state index contributed by atoms with van der Waals surface area (Å²) in [6.45, 7) is 1.90. The fraction of sp³-hybridized carbons (Fsp3) is 0.200. The molecule has 0 amide bonds. The molecule has 0 atom stereocenters. The topological polar surface area (TPSA) is 90.0 Å². The molecule has 0 aromatic carbocycles. The number of imidazole rings is 1. The Morgan fingerprint density at radius 2 is 2.13 bits per heavy atom. The molecule has 0 unspecified atom stereocenters. The number of sulfonamides is 1. The highest BCUT2D eigenvalue weighted by Crippen LogP contribution is 2.17. The van der Waals surface area contributed by atoms with Crippen LogP contribution in [-0.2, 0) is 23.6 Å². The number of aromatic nitrogens is 3. The van der Waals surface area contributed by atoms with Gasteiger partial charge in [-0.15, -0.1) is 0 Å². The van der Waals surface area contributed by atoms with Gasteiger partial charge >= 0.3 is 0 Å². The summed E-state index contributed by atoms with van der Waals surface area (Å²) < 4.78 is 33.6. The van der Waals surface area contributed by atoms with E-state index in [0.29, 0.717) is 5.82 Å². The Balaban J connectivity index is 1.70. The second kappa shape index (κ2) is 5.98. The van der Waals surface area contributed by atoms with Crippen molar-refractivity contribution in [3.8, 4) is 11.3 Å². The zero-order valence-electron chi connectivity index (χ0n) is 12.7. The summed E-state index contributed by atoms with van der Waals surface area (Å²) in [6.07, 6.45) is 6.30. The van der Waals surface area contributed by atoms with Crippen molar-refractivity contribution in [3.05, 3.63) is 54.5 Å². The number of aryl methyl sites for hydroxylation is 2. The van der Waals surface area contributed by atoms with E-state index < -0.39 is 10.0 Å². The molecule has 3 heterocycles. The third-order valence-corrected chi connectivity index (χ3v) is 4.74. The molecule has 0 saturated carbocycles. The van der Waals surface area contributed by atoms with Crippen LogP contribution in [0.25, 0.3) is 11.3 Å². The molecule has 0 radical (unpaired) electrons. The molecule has 0 fully saturated rings. The van der Waals surface area contributed by atoms with Crippen LogP contribution < -0.4 is 4.72 Å². The predicted octanol–water partition coefficient (Wildman–Crippen LogP) is 1.86. The Bertz CT molecular complexity index is 877. The van der Waals surface area contributed by atoms with Crippen LogP contribution in [-0.4, -0.2) is 23.0 Å². The van der Waals surface area contributed by atoms with Crippen molar-refractivity contribution >= 4 is 10.0 Å². The number of hydrogen-bond donors (Lipinski definition) is 1. The molecule has 0 aliphatic carbocycles. The zero-order valence-corrected chi connectivity index (χ0v) is 13.5. The van der Waals surface area contributed by atoms with Crippen molar-refractivity contribution in [2.24, 2.45) is 7.05 Å². The minimum atomic E-state index is -3.64. The van der Waals surface area contributed by atoms with E-state index in [0.717, 1.165) is 16.8 Å². The summed E-state index contributed by atoms with van der Waals surface area (Å²) in [5, 5.41) is 0.0143. The molecule has 0 bridgehead atoms. The van der Waals surface area contributed by atoms with Crippen molar-refractivity contribution in [1.29, 1.82) is 0 Å². The van der Waals surface area contributed by atoms with E-state index in [2.05, 4.69) is 14.7 Å². The summed E-state index contributed by atoms with van der Waals surface area (Å²) in [7, 11) is -1.89. The number of rotatable bonds is 5. The van der Waals surface area contributed by atoms with E-state index >= 15 is 0 Å². The number of pyridine rings is 1. The fourth-order valence-corrected chi connectivity index (χ4v) is 3.07. The molecular formula is C15H16N4O3S. The normalized spacial score (nSPS) is 11.7. The second-order valence-corrected chi connectivity index (χ2v) is 6.84. The van der Waals surface area contributed by atoms with Gasteiger partial charge < -0.3 is 8.98 Å². The Morgan fingerprint density at radius 3 is 2.70 bits per heavy atom. The lowest BCUT2D eigenvalue weighted by Gasteiger charge is -2.05. The van der Waals surface area contributed by atoms with Gasteiger partial charge in [0.25, 0.3) is 10.0 Å². The third kappa shape index (κ3) is 3.33. The minimum absolute atomic E-state index is 0.0143. The van der Waals surface area contributed by atoms with E-state index in [-0.39, 0.29) is 11.6 Å². The Labute approximate surface area is 134 Å². The lowest BCUT2D eigenvalue weighted by atomic mass is 10.2. The quantitative estimate of drug-likeness (QED) is 0.770. The van der Waals surface area contributed by atoms with E-state index in [1.807, 2.05) is 18.2 Å². The third-order valence-electron chi connectivity index (χ3n) is 3.47. The van der Waals surface area contributed by atoms with Crippen molar-refractivity contribution in [1.82, 2.24) is 19.3 Å². The minimum Gasteiger partial charge on any atom is -0.472 e. The van der Waals surface area contributed by atoms with Crippen molar-refractivity contribution < 1.29 is 12.8 Å². The average molecular weight is 332 g/mol. The molecule has 0 saturated heterocycles. The molecule has 0 spiro atoms. The SMILES string of the molecule is Cc1nc(S(=O)(=O)NCc2ccc(-c3ccoc3)nc2)cn1C. The molecule has 7 nitrogen and oxygen atoms in total. The molecule has 0 aliphatic heterocycles. The summed E-state index contributed by atoms with van der Waals surface area (Å²) >= 11 is 0. The molecular weight excluding hydrogens is 316 g/mol. The summed E-state index contributed by atoms with van der Waals surface area (Å²) in [6, 6.07) is 5.45. The Hall–Kier alpha value is -2.45. The maximum Gasteiger partial charge on any atom is 0.259 e. The Morgan fingerprint density at radius 1 is 1.30 bits per heavy atom. The van der Waals surface area contributed by atoms with Crippen LogP contribution in [0.15, 0.2) is 52.6 Å². The lowest BCUT2D eigenvalue weighted by molar-refractivity contribution is 0.568. The first-order chi connectivity index (χ1) is 11.0. The number of nitrogens with zero attached hydrogens (tertiary/aromatic N) is 3. The van der Waals surface area contributed by atoms with Gasteiger partial charge in [0.15, 0.2) is 5.03 Å². The van der Waals surface area contributed by atoms with Crippen LogP contribution in [0.2, 0.25) is 0 Å². The summed E-state index contributed by atoms with van der Waals surface area (Å²) in [5.41, 5.74) is 2.40. The molecule has 23 heavy (non-hydrogen) atoms. The first kappa shape index (κ1) is 15.4. The lowest BCUT2D eigenvalue weighted by Crippen LogP contribution is -2.23. The molecule has 0 aliphatic rings. The van der Waals surface area contributed by atoms with E-state index in [9.17, 15) is 8.42 Å². The number of nitrogens with one attached hydrogen (secondary N) is 1. The van der Waals surface area contributed by atoms with E-state index in [1.54, 1.807) is 37.3 Å². The molecule has 3 aromatic heterocycles. The van der Waals surface area contributed by atoms with Crippen LogP contribution in [0.5, 0.6) is 0 Å². The smallest absolute Gasteiger partial charge is 0.259 e. The summed E-state index contributed by atoms with van der Waals surface area (Å²) in [4.78, 5) is 8.33. The Kier molecular flexibility index (Phi) is 4.01. The van der Waals surface area contributed by atoms with Crippen LogP contribution in [0, 0.1) is 6.92 Å². The van der Waals surface area contributed by atoms with Gasteiger partial charge in [0.1, 0.15) is 5.82 Å². The fourth-order valence-electron chi connectivity index (χ4n) is 2.02. The first-order valence-corrected chi connectivity index (χ1v) is 8.41. The number of hydrogen-bond acceptors (Lipinski definition) is 5. The van der Waals surface area contributed by atoms with E-state index in [4.69, 9.17) is 4.42 Å². The van der Waals surface area contributed by atoms with Gasteiger partial charge in [0.2, 0.25) is 0 Å². The van der Waals surface area contributed by atoms with Crippen LogP contribution in [0.3, 0.4) is 0 Å². The van der Waals surface area contributed by atoms with Gasteiger partial charge in [-0.2, -0.15) is 0 Å². The number of furan rings is 1. The molecule has 1 N–H and O–H groups in total. The maximum absolute atomic E-state index is 12.2. The molecule has 8 heteroatoms. The van der Waals surface area contributed by atoms with Crippen LogP contribution in [0.1, 0.15) is 11.4 Å². The summed E-state index contributed by atoms with van der Waals surface area (Å²) in [5.74, 6) is 0.636. The van der Waals surface area contributed by atoms with Crippen molar-refractivity contribution in [2.45, 2.75) is 18.5 Å². The molecule has 120 valence electrons. The van der Waals surface area contributed by atoms with Gasteiger partial charge in [-0.25, -0.2) is 18.1 Å².